The van der Waals surface area contributed by atoms with Crippen LogP contribution in [0.4, 0.5) is 8.78 Å². The second-order valence-corrected chi connectivity index (χ2v) is 4.29. The molecule has 17 heavy (non-hydrogen) atoms. The van der Waals surface area contributed by atoms with Crippen molar-refractivity contribution in [3.05, 3.63) is 29.3 Å². The van der Waals surface area contributed by atoms with Crippen LogP contribution in [0.2, 0.25) is 0 Å². The zero-order chi connectivity index (χ0) is 13.1. The van der Waals surface area contributed by atoms with Crippen LogP contribution in [0.5, 0.6) is 5.75 Å². The van der Waals surface area contributed by atoms with Gasteiger partial charge in [0, 0.05) is 18.6 Å². The summed E-state index contributed by atoms with van der Waals surface area (Å²) >= 11 is 0. The standard InChI is InChI=1S/C13H18F2O2/c1-9(2)11-8-10(4-5-12(11)17-3)13(14,15)6-7-16/h4-5,8-9,16H,6-7H2,1-3H3. The zero-order valence-electron chi connectivity index (χ0n) is 10.3. The maximum Gasteiger partial charge on any atom is 0.275 e. The molecule has 1 aromatic rings. The van der Waals surface area contributed by atoms with Crippen molar-refractivity contribution in [3.8, 4) is 5.75 Å². The number of aliphatic hydroxyl groups excluding tert-OH is 1. The van der Waals surface area contributed by atoms with E-state index in [9.17, 15) is 8.78 Å². The van der Waals surface area contributed by atoms with Crippen molar-refractivity contribution in [2.45, 2.75) is 32.1 Å². The van der Waals surface area contributed by atoms with E-state index in [1.807, 2.05) is 13.8 Å². The molecule has 0 heterocycles. The minimum atomic E-state index is -3.00. The van der Waals surface area contributed by atoms with Crippen LogP contribution in [0.15, 0.2) is 18.2 Å². The Kier molecular flexibility index (Phi) is 4.46. The lowest BCUT2D eigenvalue weighted by Gasteiger charge is -2.19. The van der Waals surface area contributed by atoms with Gasteiger partial charge in [0.2, 0.25) is 0 Å². The molecule has 0 aromatic heterocycles. The molecule has 1 N–H and O–H groups in total. The molecule has 0 aliphatic rings. The highest BCUT2D eigenvalue weighted by Gasteiger charge is 2.31. The van der Waals surface area contributed by atoms with Crippen molar-refractivity contribution in [3.63, 3.8) is 0 Å². The van der Waals surface area contributed by atoms with Crippen molar-refractivity contribution < 1.29 is 18.6 Å². The number of aliphatic hydroxyl groups is 1. The second kappa shape index (κ2) is 5.45. The molecule has 0 bridgehead atoms. The van der Waals surface area contributed by atoms with Gasteiger partial charge in [0.05, 0.1) is 7.11 Å². The molecule has 1 rings (SSSR count). The van der Waals surface area contributed by atoms with Gasteiger partial charge >= 0.3 is 0 Å². The molecular formula is C13H18F2O2. The first-order valence-corrected chi connectivity index (χ1v) is 5.59. The van der Waals surface area contributed by atoms with Gasteiger partial charge < -0.3 is 9.84 Å². The maximum absolute atomic E-state index is 13.6. The Morgan fingerprint density at radius 1 is 1.35 bits per heavy atom. The van der Waals surface area contributed by atoms with Gasteiger partial charge in [0.1, 0.15) is 5.75 Å². The molecule has 96 valence electrons. The van der Waals surface area contributed by atoms with Crippen molar-refractivity contribution >= 4 is 0 Å². The lowest BCUT2D eigenvalue weighted by molar-refractivity contribution is -0.0270. The van der Waals surface area contributed by atoms with Gasteiger partial charge in [0.15, 0.2) is 0 Å². The SMILES string of the molecule is COc1ccc(C(F)(F)CCO)cc1C(C)C. The third-order valence-corrected chi connectivity index (χ3v) is 2.70. The van der Waals surface area contributed by atoms with Crippen LogP contribution in [0.25, 0.3) is 0 Å². The molecule has 0 radical (unpaired) electrons. The molecule has 4 heteroatoms. The summed E-state index contributed by atoms with van der Waals surface area (Å²) in [6.45, 7) is 3.31. The van der Waals surface area contributed by atoms with E-state index in [4.69, 9.17) is 9.84 Å². The number of hydrogen-bond donors (Lipinski definition) is 1. The number of halogens is 2. The Morgan fingerprint density at radius 2 is 2.00 bits per heavy atom. The quantitative estimate of drug-likeness (QED) is 0.861. The van der Waals surface area contributed by atoms with E-state index >= 15 is 0 Å². The monoisotopic (exact) mass is 244 g/mol. The topological polar surface area (TPSA) is 29.5 Å². The lowest BCUT2D eigenvalue weighted by Crippen LogP contribution is -2.15. The van der Waals surface area contributed by atoms with Crippen LogP contribution in [0.1, 0.15) is 37.3 Å². The summed E-state index contributed by atoms with van der Waals surface area (Å²) in [4.78, 5) is 0. The van der Waals surface area contributed by atoms with E-state index in [1.165, 1.54) is 19.2 Å². The first kappa shape index (κ1) is 13.9. The van der Waals surface area contributed by atoms with E-state index in [0.717, 1.165) is 5.56 Å². The van der Waals surface area contributed by atoms with Crippen molar-refractivity contribution in [1.29, 1.82) is 0 Å². The van der Waals surface area contributed by atoms with E-state index in [1.54, 1.807) is 6.07 Å². The number of benzene rings is 1. The highest BCUT2D eigenvalue weighted by molar-refractivity contribution is 5.40. The number of hydrogen-bond acceptors (Lipinski definition) is 2. The summed E-state index contributed by atoms with van der Waals surface area (Å²) in [6, 6.07) is 4.36. The minimum absolute atomic E-state index is 0.0731. The molecule has 0 aliphatic heterocycles. The predicted octanol–water partition coefficient (Wildman–Crippen LogP) is 3.29. The van der Waals surface area contributed by atoms with Crippen LogP contribution < -0.4 is 4.74 Å². The van der Waals surface area contributed by atoms with Gasteiger partial charge in [-0.05, 0) is 29.7 Å². The van der Waals surface area contributed by atoms with Crippen LogP contribution in [-0.2, 0) is 5.92 Å². The summed E-state index contributed by atoms with van der Waals surface area (Å²) in [5, 5.41) is 8.64. The third-order valence-electron chi connectivity index (χ3n) is 2.70. The summed E-state index contributed by atoms with van der Waals surface area (Å²) in [5.41, 5.74) is 0.679. The minimum Gasteiger partial charge on any atom is -0.496 e. The maximum atomic E-state index is 13.6. The highest BCUT2D eigenvalue weighted by atomic mass is 19.3. The molecule has 0 unspecified atom stereocenters. The summed E-state index contributed by atoms with van der Waals surface area (Å²) < 4.78 is 32.4. The second-order valence-electron chi connectivity index (χ2n) is 4.29. The van der Waals surface area contributed by atoms with Crippen molar-refractivity contribution in [2.75, 3.05) is 13.7 Å². The van der Waals surface area contributed by atoms with E-state index in [2.05, 4.69) is 0 Å². The smallest absolute Gasteiger partial charge is 0.275 e. The van der Waals surface area contributed by atoms with Gasteiger partial charge in [-0.1, -0.05) is 13.8 Å². The van der Waals surface area contributed by atoms with E-state index < -0.39 is 19.0 Å². The Morgan fingerprint density at radius 3 is 2.47 bits per heavy atom. The first-order chi connectivity index (χ1) is 7.92. The molecule has 0 saturated heterocycles. The number of methoxy groups -OCH3 is 1. The van der Waals surface area contributed by atoms with Gasteiger partial charge in [-0.2, -0.15) is 0 Å². The van der Waals surface area contributed by atoms with Gasteiger partial charge in [-0.15, -0.1) is 0 Å². The lowest BCUT2D eigenvalue weighted by atomic mass is 9.96. The van der Waals surface area contributed by atoms with Gasteiger partial charge in [0.25, 0.3) is 5.92 Å². The Hall–Kier alpha value is -1.16. The largest absolute Gasteiger partial charge is 0.496 e. The average Bonchev–Trinajstić information content (AvgIpc) is 2.28. The fraction of sp³-hybridized carbons (Fsp3) is 0.538. The van der Waals surface area contributed by atoms with Crippen LogP contribution >= 0.6 is 0 Å². The Bertz CT molecular complexity index is 376. The van der Waals surface area contributed by atoms with Crippen molar-refractivity contribution in [1.82, 2.24) is 0 Å². The van der Waals surface area contributed by atoms with E-state index in [0.29, 0.717) is 5.75 Å². The van der Waals surface area contributed by atoms with Gasteiger partial charge in [-0.3, -0.25) is 0 Å². The van der Waals surface area contributed by atoms with Crippen LogP contribution in [-0.4, -0.2) is 18.8 Å². The molecule has 1 aromatic carbocycles. The number of ether oxygens (including phenoxy) is 1. The molecule has 0 spiro atoms. The molecule has 2 nitrogen and oxygen atoms in total. The average molecular weight is 244 g/mol. The van der Waals surface area contributed by atoms with E-state index in [-0.39, 0.29) is 11.5 Å². The van der Waals surface area contributed by atoms with Crippen LogP contribution in [0.3, 0.4) is 0 Å². The summed E-state index contributed by atoms with van der Waals surface area (Å²) in [7, 11) is 1.52. The van der Waals surface area contributed by atoms with Crippen LogP contribution in [0, 0.1) is 0 Å². The molecule has 0 fully saturated rings. The molecule has 0 atom stereocenters. The molecule has 0 aliphatic carbocycles. The molecule has 0 saturated carbocycles. The Labute approximate surface area is 100 Å². The summed E-state index contributed by atoms with van der Waals surface area (Å²) in [6.07, 6.45) is -0.559. The molecular weight excluding hydrogens is 226 g/mol. The third kappa shape index (κ3) is 3.16. The fourth-order valence-corrected chi connectivity index (χ4v) is 1.70. The first-order valence-electron chi connectivity index (χ1n) is 5.59. The normalized spacial score (nSPS) is 11.9. The highest BCUT2D eigenvalue weighted by Crippen LogP contribution is 2.36. The fourth-order valence-electron chi connectivity index (χ4n) is 1.70. The molecule has 0 amide bonds. The Balaban J connectivity index is 3.16. The van der Waals surface area contributed by atoms with Gasteiger partial charge in [-0.25, -0.2) is 8.78 Å². The number of alkyl halides is 2. The predicted molar refractivity (Wildman–Crippen MR) is 62.7 cm³/mol. The summed E-state index contributed by atoms with van der Waals surface area (Å²) in [5.74, 6) is -2.27. The number of rotatable bonds is 5. The van der Waals surface area contributed by atoms with Crippen molar-refractivity contribution in [2.24, 2.45) is 0 Å². The zero-order valence-corrected chi connectivity index (χ0v) is 10.3.